The molecule has 3 aromatic carbocycles. The molecule has 3 aromatic rings. The van der Waals surface area contributed by atoms with Crippen LogP contribution in [0.3, 0.4) is 0 Å². The Bertz CT molecular complexity index is 1380. The lowest BCUT2D eigenvalue weighted by Gasteiger charge is -2.24. The van der Waals surface area contributed by atoms with E-state index in [1.54, 1.807) is 18.0 Å². The van der Waals surface area contributed by atoms with E-state index in [-0.39, 0.29) is 42.6 Å². The molecule has 0 aliphatic carbocycles. The zero-order valence-corrected chi connectivity index (χ0v) is 25.7. The summed E-state index contributed by atoms with van der Waals surface area (Å²) in [5, 5.41) is 8.87. The van der Waals surface area contributed by atoms with Gasteiger partial charge in [-0.05, 0) is 56.0 Å². The standard InChI is InChI=1S/C34H42F4N4O2/c1-5-6-10-16-42(4)30-20-27(40-23(2)3)19-28(32(30)35)33(44)41-29(18-24-12-8-7-9-13-24)31(43)22-39-21-25-14-11-15-26(17-25)34(36,37)38/h7-9,11-15,17,19-20,23,29,39-40H,5-6,10,16,18,21-22H2,1-4H3,(H,41,44). The number of benzene rings is 3. The second-order valence-corrected chi connectivity index (χ2v) is 11.3. The summed E-state index contributed by atoms with van der Waals surface area (Å²) in [6.07, 6.45) is -1.43. The highest BCUT2D eigenvalue weighted by Crippen LogP contribution is 2.30. The predicted molar refractivity (Wildman–Crippen MR) is 168 cm³/mol. The highest BCUT2D eigenvalue weighted by Gasteiger charge is 2.30. The number of carbonyl (C=O) groups is 2. The van der Waals surface area contributed by atoms with Gasteiger partial charge in [0.2, 0.25) is 0 Å². The Morgan fingerprint density at radius 3 is 2.30 bits per heavy atom. The van der Waals surface area contributed by atoms with E-state index >= 15 is 4.39 Å². The number of anilines is 2. The van der Waals surface area contributed by atoms with Gasteiger partial charge in [0.05, 0.1) is 29.4 Å². The first-order chi connectivity index (χ1) is 20.9. The highest BCUT2D eigenvalue weighted by molar-refractivity contribution is 6.00. The lowest BCUT2D eigenvalue weighted by Crippen LogP contribution is -2.46. The number of nitrogens with one attached hydrogen (secondary N) is 3. The van der Waals surface area contributed by atoms with Crippen LogP contribution in [0.2, 0.25) is 0 Å². The Morgan fingerprint density at radius 1 is 0.932 bits per heavy atom. The molecule has 0 spiro atoms. The molecule has 3 N–H and O–H groups in total. The van der Waals surface area contributed by atoms with E-state index in [1.165, 1.54) is 18.2 Å². The lowest BCUT2D eigenvalue weighted by atomic mass is 10.0. The Hall–Kier alpha value is -3.92. The largest absolute Gasteiger partial charge is 0.416 e. The van der Waals surface area contributed by atoms with E-state index in [4.69, 9.17) is 0 Å². The second kappa shape index (κ2) is 16.2. The fourth-order valence-electron chi connectivity index (χ4n) is 4.83. The van der Waals surface area contributed by atoms with Crippen molar-refractivity contribution < 1.29 is 27.2 Å². The first-order valence-electron chi connectivity index (χ1n) is 14.9. The topological polar surface area (TPSA) is 73.5 Å². The minimum absolute atomic E-state index is 0.0208. The summed E-state index contributed by atoms with van der Waals surface area (Å²) in [4.78, 5) is 28.8. The van der Waals surface area contributed by atoms with Gasteiger partial charge in [0.25, 0.3) is 5.91 Å². The molecular weight excluding hydrogens is 572 g/mol. The Labute approximate surface area is 257 Å². The second-order valence-electron chi connectivity index (χ2n) is 11.3. The number of halogens is 4. The maximum Gasteiger partial charge on any atom is 0.416 e. The third-order valence-electron chi connectivity index (χ3n) is 7.12. The fourth-order valence-corrected chi connectivity index (χ4v) is 4.83. The molecular formula is C34H42F4N4O2. The van der Waals surface area contributed by atoms with Crippen LogP contribution in [0.4, 0.5) is 28.9 Å². The van der Waals surface area contributed by atoms with Gasteiger partial charge < -0.3 is 20.9 Å². The van der Waals surface area contributed by atoms with Gasteiger partial charge in [0.15, 0.2) is 11.6 Å². The molecule has 0 saturated carbocycles. The third-order valence-corrected chi connectivity index (χ3v) is 7.12. The summed E-state index contributed by atoms with van der Waals surface area (Å²) in [5.41, 5.74) is 1.06. The number of hydrogen-bond donors (Lipinski definition) is 3. The molecule has 0 aliphatic rings. The van der Waals surface area contributed by atoms with E-state index in [2.05, 4.69) is 22.9 Å². The maximum atomic E-state index is 15.9. The molecule has 0 saturated heterocycles. The van der Waals surface area contributed by atoms with Crippen LogP contribution in [-0.2, 0) is 23.9 Å². The summed E-state index contributed by atoms with van der Waals surface area (Å²) in [6, 6.07) is 16.1. The SMILES string of the molecule is CCCCCN(C)c1cc(NC(C)C)cc(C(=O)NC(Cc2ccccc2)C(=O)CNCc2cccc(C(F)(F)F)c2)c1F. The fraction of sp³-hybridized carbons (Fsp3) is 0.412. The van der Waals surface area contributed by atoms with Crippen LogP contribution in [0, 0.1) is 5.82 Å². The van der Waals surface area contributed by atoms with E-state index in [9.17, 15) is 22.8 Å². The number of Topliss-reactive ketones (excluding diaryl/α,β-unsaturated/α-hetero) is 1. The molecule has 3 rings (SSSR count). The van der Waals surface area contributed by atoms with Crippen molar-refractivity contribution in [2.24, 2.45) is 0 Å². The summed E-state index contributed by atoms with van der Waals surface area (Å²) >= 11 is 0. The molecule has 6 nitrogen and oxygen atoms in total. The third kappa shape index (κ3) is 10.4. The number of rotatable bonds is 16. The normalized spacial score (nSPS) is 12.2. The average Bonchev–Trinajstić information content (AvgIpc) is 2.97. The van der Waals surface area contributed by atoms with Gasteiger partial charge in [-0.25, -0.2) is 4.39 Å². The number of alkyl halides is 3. The van der Waals surface area contributed by atoms with Crippen molar-refractivity contribution in [2.45, 2.75) is 71.3 Å². The van der Waals surface area contributed by atoms with E-state index in [0.717, 1.165) is 37.0 Å². The molecule has 1 atom stereocenters. The number of amides is 1. The van der Waals surface area contributed by atoms with Gasteiger partial charge >= 0.3 is 6.18 Å². The van der Waals surface area contributed by atoms with Crippen LogP contribution in [0.15, 0.2) is 66.7 Å². The molecule has 1 unspecified atom stereocenters. The van der Waals surface area contributed by atoms with Crippen LogP contribution < -0.4 is 20.9 Å². The van der Waals surface area contributed by atoms with Crippen LogP contribution in [0.1, 0.15) is 67.1 Å². The van der Waals surface area contributed by atoms with Crippen LogP contribution in [-0.4, -0.2) is 43.9 Å². The number of hydrogen-bond acceptors (Lipinski definition) is 5. The quantitative estimate of drug-likeness (QED) is 0.120. The van der Waals surface area contributed by atoms with Crippen molar-refractivity contribution in [2.75, 3.05) is 30.4 Å². The van der Waals surface area contributed by atoms with E-state index in [0.29, 0.717) is 17.8 Å². The molecule has 1 amide bonds. The monoisotopic (exact) mass is 614 g/mol. The smallest absolute Gasteiger partial charge is 0.383 e. The summed E-state index contributed by atoms with van der Waals surface area (Å²) in [5.74, 6) is -1.79. The number of carbonyl (C=O) groups excluding carboxylic acids is 2. The summed E-state index contributed by atoms with van der Waals surface area (Å²) in [7, 11) is 1.78. The van der Waals surface area contributed by atoms with E-state index in [1.807, 2.05) is 44.2 Å². The average molecular weight is 615 g/mol. The molecule has 238 valence electrons. The number of nitrogens with zero attached hydrogens (tertiary/aromatic N) is 1. The van der Waals surface area contributed by atoms with Crippen molar-refractivity contribution in [3.8, 4) is 0 Å². The minimum atomic E-state index is -4.47. The molecule has 10 heteroatoms. The molecule has 0 fully saturated rings. The number of ketones is 1. The lowest BCUT2D eigenvalue weighted by molar-refractivity contribution is -0.137. The van der Waals surface area contributed by atoms with Crippen molar-refractivity contribution in [3.05, 3.63) is 94.8 Å². The molecule has 0 radical (unpaired) electrons. The Morgan fingerprint density at radius 2 is 1.64 bits per heavy atom. The molecule has 44 heavy (non-hydrogen) atoms. The first kappa shape index (κ1) is 34.6. The molecule has 0 aromatic heterocycles. The molecule has 0 aliphatic heterocycles. The van der Waals surface area contributed by atoms with Gasteiger partial charge in [-0.1, -0.05) is 68.3 Å². The van der Waals surface area contributed by atoms with Crippen molar-refractivity contribution in [3.63, 3.8) is 0 Å². The van der Waals surface area contributed by atoms with Crippen molar-refractivity contribution >= 4 is 23.1 Å². The van der Waals surface area contributed by atoms with Crippen molar-refractivity contribution in [1.82, 2.24) is 10.6 Å². The first-order valence-corrected chi connectivity index (χ1v) is 14.9. The van der Waals surface area contributed by atoms with Gasteiger partial charge in [-0.3, -0.25) is 9.59 Å². The Kier molecular flexibility index (Phi) is 12.8. The number of unbranched alkanes of at least 4 members (excludes halogenated alkanes) is 2. The molecule has 0 bridgehead atoms. The Balaban J connectivity index is 1.82. The van der Waals surface area contributed by atoms with Gasteiger partial charge in [-0.2, -0.15) is 13.2 Å². The van der Waals surface area contributed by atoms with Crippen LogP contribution >= 0.6 is 0 Å². The predicted octanol–water partition coefficient (Wildman–Crippen LogP) is 6.99. The zero-order valence-electron chi connectivity index (χ0n) is 25.7. The minimum Gasteiger partial charge on any atom is -0.383 e. The summed E-state index contributed by atoms with van der Waals surface area (Å²) < 4.78 is 55.2. The van der Waals surface area contributed by atoms with E-state index < -0.39 is 29.5 Å². The van der Waals surface area contributed by atoms with Gasteiger partial charge in [-0.15, -0.1) is 0 Å². The summed E-state index contributed by atoms with van der Waals surface area (Å²) in [6.45, 7) is 6.39. The van der Waals surface area contributed by atoms with Crippen LogP contribution in [0.5, 0.6) is 0 Å². The van der Waals surface area contributed by atoms with Gasteiger partial charge in [0.1, 0.15) is 0 Å². The van der Waals surface area contributed by atoms with Crippen molar-refractivity contribution in [1.29, 1.82) is 0 Å². The highest BCUT2D eigenvalue weighted by atomic mass is 19.4. The molecule has 0 heterocycles. The van der Waals surface area contributed by atoms with Gasteiger partial charge in [0, 0.05) is 31.9 Å². The zero-order chi connectivity index (χ0) is 32.3. The van der Waals surface area contributed by atoms with Crippen LogP contribution in [0.25, 0.3) is 0 Å². The maximum absolute atomic E-state index is 15.9.